The van der Waals surface area contributed by atoms with E-state index in [0.717, 1.165) is 48.2 Å². The lowest BCUT2D eigenvalue weighted by Crippen LogP contribution is -2.27. The highest BCUT2D eigenvalue weighted by atomic mass is 32.2. The Morgan fingerprint density at radius 1 is 0.455 bits per heavy atom. The Balaban J connectivity index is 1.18. The number of hydrogen-bond acceptors (Lipinski definition) is 16. The summed E-state index contributed by atoms with van der Waals surface area (Å²) in [5.41, 5.74) is 3.62. The molecule has 0 fully saturated rings. The predicted octanol–water partition coefficient (Wildman–Crippen LogP) is 9.20. The molecule has 0 heterocycles. The van der Waals surface area contributed by atoms with Crippen LogP contribution in [0.3, 0.4) is 0 Å². The van der Waals surface area contributed by atoms with Crippen molar-refractivity contribution in [1.82, 2.24) is 0 Å². The van der Waals surface area contributed by atoms with E-state index in [2.05, 4.69) is 36.3 Å². The molecule has 0 bridgehead atoms. The van der Waals surface area contributed by atoms with Crippen LogP contribution in [0.15, 0.2) is 179 Å². The maximum atomic E-state index is 13.8. The number of anilines is 3. The third kappa shape index (κ3) is 9.65. The Morgan fingerprint density at radius 3 is 1.64 bits per heavy atom. The normalized spacial score (nSPS) is 14.3. The Bertz CT molecular complexity index is 3790. The quantitative estimate of drug-likeness (QED) is 0.0377. The molecule has 0 aromatic heterocycles. The molecule has 0 spiro atoms. The molecular weight excluding hydrogens is 939 g/mol. The number of hydrogen-bond donors (Lipinski definition) is 6. The molecule has 1 aliphatic carbocycles. The molecule has 334 valence electrons. The molecular formula is C42H29N7O13S4. The van der Waals surface area contributed by atoms with Gasteiger partial charge in [0, 0.05) is 38.5 Å². The van der Waals surface area contributed by atoms with E-state index in [9.17, 15) is 56.7 Å². The number of Topliss-reactive ketones (excluding diaryl/α,β-unsaturated/α-hetero) is 1. The molecule has 0 amide bonds. The second kappa shape index (κ2) is 17.2. The first-order valence-corrected chi connectivity index (χ1v) is 24.4. The fourth-order valence-electron chi connectivity index (χ4n) is 6.74. The van der Waals surface area contributed by atoms with E-state index in [1.165, 1.54) is 60.7 Å². The van der Waals surface area contributed by atoms with Crippen molar-refractivity contribution in [3.8, 4) is 0 Å². The number of nitrogens with zero attached hydrogens (tertiary/aromatic N) is 5. The standard InChI is InChI=1S/C42H29N7O13S4/c50-42-31-12-9-26(43-25-5-2-1-3-6-25)19-24(31)20-40(66(60,61)62)41(42)49-48-37-16-18-39(35-23-30(65(57,58)59)11-14-33(35)37)47-46-38-17-15-36(32-13-10-29(22-34(32)38)64(54,55)56)45-44-27-7-4-8-28(21-27)63(51,52)53/h1-23,43,48H,(H,51,52,53)(H,54,55,56)(H,57,58,59)(H,60,61,62)/b45-44?,47-46?,49-41+. The highest BCUT2D eigenvalue weighted by molar-refractivity contribution is 7.91. The predicted molar refractivity (Wildman–Crippen MR) is 243 cm³/mol. The van der Waals surface area contributed by atoms with Crippen LogP contribution in [0.1, 0.15) is 15.9 Å². The summed E-state index contributed by atoms with van der Waals surface area (Å²) in [6.07, 6.45) is 1.09. The number of nitrogens with one attached hydrogen (secondary N) is 2. The monoisotopic (exact) mass is 967 g/mol. The van der Waals surface area contributed by atoms with Gasteiger partial charge in [0.25, 0.3) is 40.5 Å². The minimum atomic E-state index is -5.04. The molecule has 0 aliphatic heterocycles. The summed E-state index contributed by atoms with van der Waals surface area (Å²) in [6.45, 7) is 0. The number of ketones is 1. The van der Waals surface area contributed by atoms with Gasteiger partial charge in [-0.1, -0.05) is 36.4 Å². The van der Waals surface area contributed by atoms with Crippen LogP contribution in [0.4, 0.5) is 39.8 Å². The van der Waals surface area contributed by atoms with Gasteiger partial charge >= 0.3 is 0 Å². The number of rotatable bonds is 12. The second-order valence-electron chi connectivity index (χ2n) is 14.2. The van der Waals surface area contributed by atoms with E-state index in [1.807, 2.05) is 6.07 Å². The van der Waals surface area contributed by atoms with Crippen molar-refractivity contribution in [2.45, 2.75) is 14.7 Å². The molecule has 7 aromatic carbocycles. The zero-order valence-electron chi connectivity index (χ0n) is 33.1. The van der Waals surface area contributed by atoms with Gasteiger partial charge in [-0.25, -0.2) is 0 Å². The maximum Gasteiger partial charge on any atom is 0.296 e. The minimum absolute atomic E-state index is 0.000837. The fourth-order valence-corrected chi connectivity index (χ4v) is 8.93. The first-order valence-electron chi connectivity index (χ1n) is 18.7. The maximum absolute atomic E-state index is 13.8. The van der Waals surface area contributed by atoms with Crippen molar-refractivity contribution in [3.05, 3.63) is 149 Å². The summed E-state index contributed by atoms with van der Waals surface area (Å²) in [5, 5.41) is 24.5. The fraction of sp³-hybridized carbons (Fsp3) is 0. The van der Waals surface area contributed by atoms with Gasteiger partial charge in [0.05, 0.1) is 43.1 Å². The Labute approximate surface area is 374 Å². The van der Waals surface area contributed by atoms with Crippen LogP contribution >= 0.6 is 0 Å². The van der Waals surface area contributed by atoms with Gasteiger partial charge in [-0.3, -0.25) is 28.4 Å². The zero-order valence-corrected chi connectivity index (χ0v) is 36.4. The molecule has 0 atom stereocenters. The van der Waals surface area contributed by atoms with E-state index in [4.69, 9.17) is 0 Å². The molecule has 0 radical (unpaired) electrons. The molecule has 24 heteroatoms. The number of carbonyl (C=O) groups excluding carboxylic acids is 1. The van der Waals surface area contributed by atoms with E-state index in [0.29, 0.717) is 5.69 Å². The van der Waals surface area contributed by atoms with Gasteiger partial charge in [0.2, 0.25) is 5.78 Å². The number of benzene rings is 7. The van der Waals surface area contributed by atoms with Gasteiger partial charge in [-0.15, -0.1) is 15.3 Å². The summed E-state index contributed by atoms with van der Waals surface area (Å²) in [7, 11) is -19.2. The van der Waals surface area contributed by atoms with Crippen molar-refractivity contribution in [2.75, 3.05) is 10.7 Å². The molecule has 20 nitrogen and oxygen atoms in total. The summed E-state index contributed by atoms with van der Waals surface area (Å²) >= 11 is 0. The largest absolute Gasteiger partial charge is 0.356 e. The van der Waals surface area contributed by atoms with Crippen molar-refractivity contribution in [1.29, 1.82) is 0 Å². The topological polar surface area (TPSA) is 320 Å². The lowest BCUT2D eigenvalue weighted by molar-refractivity contribution is 0.106. The van der Waals surface area contributed by atoms with Crippen molar-refractivity contribution in [2.24, 2.45) is 25.6 Å². The first-order chi connectivity index (χ1) is 31.1. The first kappa shape index (κ1) is 45.2. The van der Waals surface area contributed by atoms with Crippen LogP contribution in [0, 0.1) is 0 Å². The van der Waals surface area contributed by atoms with Gasteiger partial charge in [-0.05, 0) is 109 Å². The average molecular weight is 968 g/mol. The SMILES string of the molecule is O=C1/C(=N/Nc2ccc(N=Nc3ccc(N=Nc4cccc(S(=O)(=O)O)c4)c4ccc(S(=O)(=O)O)cc34)c3cc(S(=O)(=O)O)ccc23)C(S(=O)(=O)O)=Cc2cc(Nc3ccccc3)ccc21. The summed E-state index contributed by atoms with van der Waals surface area (Å²) < 4.78 is 137. The number of allylic oxidation sites excluding steroid dienone is 1. The zero-order chi connectivity index (χ0) is 47.2. The summed E-state index contributed by atoms with van der Waals surface area (Å²) in [5.74, 6) is -0.856. The minimum Gasteiger partial charge on any atom is -0.356 e. The van der Waals surface area contributed by atoms with Gasteiger partial charge in [-0.2, -0.15) is 43.9 Å². The Kier molecular flexibility index (Phi) is 11.8. The average Bonchev–Trinajstić information content (AvgIpc) is 3.26. The molecule has 6 N–H and O–H groups in total. The van der Waals surface area contributed by atoms with Crippen LogP contribution in [0.25, 0.3) is 27.6 Å². The van der Waals surface area contributed by atoms with Crippen molar-refractivity contribution in [3.63, 3.8) is 0 Å². The van der Waals surface area contributed by atoms with Crippen LogP contribution in [0.5, 0.6) is 0 Å². The van der Waals surface area contributed by atoms with Crippen LogP contribution < -0.4 is 10.7 Å². The number of para-hydroxylation sites is 1. The molecule has 66 heavy (non-hydrogen) atoms. The molecule has 8 rings (SSSR count). The second-order valence-corrected chi connectivity index (χ2v) is 19.8. The van der Waals surface area contributed by atoms with E-state index < -0.39 is 71.6 Å². The lowest BCUT2D eigenvalue weighted by atomic mass is 9.94. The van der Waals surface area contributed by atoms with E-state index >= 15 is 0 Å². The summed E-state index contributed by atoms with van der Waals surface area (Å²) in [6, 6.07) is 30.9. The molecule has 1 aliphatic rings. The van der Waals surface area contributed by atoms with Crippen molar-refractivity contribution >= 4 is 119 Å². The van der Waals surface area contributed by atoms with Crippen molar-refractivity contribution < 1.29 is 56.7 Å². The number of fused-ring (bicyclic) bond motifs is 3. The highest BCUT2D eigenvalue weighted by Gasteiger charge is 2.33. The number of hydrazone groups is 1. The van der Waals surface area contributed by atoms with Gasteiger partial charge < -0.3 is 5.32 Å². The Hall–Kier alpha value is -7.42. The highest BCUT2D eigenvalue weighted by Crippen LogP contribution is 2.39. The van der Waals surface area contributed by atoms with E-state index in [-0.39, 0.29) is 61.1 Å². The summed E-state index contributed by atoms with van der Waals surface area (Å²) in [4.78, 5) is 11.4. The molecule has 0 saturated heterocycles. The smallest absolute Gasteiger partial charge is 0.296 e. The van der Waals surface area contributed by atoms with Crippen LogP contribution in [0.2, 0.25) is 0 Å². The van der Waals surface area contributed by atoms with Gasteiger partial charge in [0.15, 0.2) is 5.71 Å². The van der Waals surface area contributed by atoms with Crippen LogP contribution in [-0.4, -0.2) is 63.4 Å². The molecule has 7 aromatic rings. The number of azo groups is 2. The third-order valence-corrected chi connectivity index (χ3v) is 13.2. The molecule has 0 unspecified atom stereocenters. The van der Waals surface area contributed by atoms with Crippen LogP contribution in [-0.2, 0) is 40.5 Å². The third-order valence-electron chi connectivity index (χ3n) is 9.82. The van der Waals surface area contributed by atoms with Gasteiger partial charge in [0.1, 0.15) is 4.91 Å². The molecule has 0 saturated carbocycles. The van der Waals surface area contributed by atoms with E-state index in [1.54, 1.807) is 30.3 Å². The number of carbonyl (C=O) groups is 1. The lowest BCUT2D eigenvalue weighted by Gasteiger charge is -2.18. The Morgan fingerprint density at radius 2 is 1.02 bits per heavy atom.